The van der Waals surface area contributed by atoms with Crippen LogP contribution >= 0.6 is 0 Å². The second kappa shape index (κ2) is 4.58. The van der Waals surface area contributed by atoms with Crippen molar-refractivity contribution >= 4 is 0 Å². The molecule has 0 aliphatic heterocycles. The number of nitrogens with two attached hydrogens (primary N) is 1. The molecule has 2 atom stereocenters. The number of aromatic nitrogens is 2. The van der Waals surface area contributed by atoms with Crippen LogP contribution in [0.25, 0.3) is 0 Å². The van der Waals surface area contributed by atoms with Gasteiger partial charge in [-0.05, 0) is 25.2 Å². The Morgan fingerprint density at radius 3 is 3.00 bits per heavy atom. The van der Waals surface area contributed by atoms with Crippen LogP contribution in [0.3, 0.4) is 0 Å². The van der Waals surface area contributed by atoms with Gasteiger partial charge in [0.05, 0.1) is 11.9 Å². The lowest BCUT2D eigenvalue weighted by Gasteiger charge is -2.44. The zero-order chi connectivity index (χ0) is 11.6. The van der Waals surface area contributed by atoms with Crippen LogP contribution < -0.4 is 5.73 Å². The molecule has 3 nitrogen and oxygen atoms in total. The molecule has 3 heteroatoms. The van der Waals surface area contributed by atoms with E-state index in [4.69, 9.17) is 5.73 Å². The third kappa shape index (κ3) is 1.67. The maximum absolute atomic E-state index is 6.09. The Balaban J connectivity index is 2.39. The van der Waals surface area contributed by atoms with Gasteiger partial charge in [0.25, 0.3) is 0 Å². The fourth-order valence-electron chi connectivity index (χ4n) is 3.14. The van der Waals surface area contributed by atoms with E-state index in [0.29, 0.717) is 5.92 Å². The molecule has 2 rings (SSSR count). The van der Waals surface area contributed by atoms with Gasteiger partial charge in [-0.1, -0.05) is 26.7 Å². The van der Waals surface area contributed by atoms with E-state index in [2.05, 4.69) is 23.4 Å². The van der Waals surface area contributed by atoms with E-state index in [-0.39, 0.29) is 5.54 Å². The lowest BCUT2D eigenvalue weighted by molar-refractivity contribution is 0.122. The average Bonchev–Trinajstić information content (AvgIpc) is 2.78. The fraction of sp³-hybridized carbons (Fsp3) is 0.769. The quantitative estimate of drug-likeness (QED) is 0.851. The predicted molar refractivity (Wildman–Crippen MR) is 66.3 cm³/mol. The molecule has 0 bridgehead atoms. The molecule has 0 aromatic carbocycles. The Labute approximate surface area is 98.1 Å². The first-order valence-corrected chi connectivity index (χ1v) is 6.46. The van der Waals surface area contributed by atoms with Gasteiger partial charge in [0.15, 0.2) is 0 Å². The summed E-state index contributed by atoms with van der Waals surface area (Å²) in [6.07, 6.45) is 10.1. The predicted octanol–water partition coefficient (Wildman–Crippen LogP) is 2.31. The molecule has 1 aliphatic carbocycles. The van der Waals surface area contributed by atoms with Crippen molar-refractivity contribution in [2.75, 3.05) is 6.54 Å². The lowest BCUT2D eigenvalue weighted by Crippen LogP contribution is -2.48. The number of imidazole rings is 1. The van der Waals surface area contributed by atoms with Crippen molar-refractivity contribution in [2.24, 2.45) is 11.7 Å². The Bertz CT molecular complexity index is 345. The average molecular weight is 221 g/mol. The van der Waals surface area contributed by atoms with Gasteiger partial charge in [-0.2, -0.15) is 0 Å². The van der Waals surface area contributed by atoms with Crippen LogP contribution in [0.2, 0.25) is 0 Å². The van der Waals surface area contributed by atoms with Gasteiger partial charge >= 0.3 is 0 Å². The SMILES string of the molecule is CCc1cncn1C1(CN)CCCCC1C. The monoisotopic (exact) mass is 221 g/mol. The van der Waals surface area contributed by atoms with Gasteiger partial charge in [-0.3, -0.25) is 0 Å². The zero-order valence-corrected chi connectivity index (χ0v) is 10.4. The van der Waals surface area contributed by atoms with Crippen molar-refractivity contribution in [3.63, 3.8) is 0 Å². The number of aryl methyl sites for hydroxylation is 1. The molecule has 2 N–H and O–H groups in total. The van der Waals surface area contributed by atoms with Crippen molar-refractivity contribution in [2.45, 2.75) is 51.5 Å². The first-order chi connectivity index (χ1) is 7.74. The molecule has 0 saturated heterocycles. The van der Waals surface area contributed by atoms with E-state index in [0.717, 1.165) is 13.0 Å². The van der Waals surface area contributed by atoms with E-state index in [1.54, 1.807) is 0 Å². The summed E-state index contributed by atoms with van der Waals surface area (Å²) in [7, 11) is 0. The Morgan fingerprint density at radius 1 is 1.56 bits per heavy atom. The fourth-order valence-corrected chi connectivity index (χ4v) is 3.14. The summed E-state index contributed by atoms with van der Waals surface area (Å²) >= 11 is 0. The highest BCUT2D eigenvalue weighted by Gasteiger charge is 2.39. The van der Waals surface area contributed by atoms with Crippen LogP contribution in [0.15, 0.2) is 12.5 Å². The van der Waals surface area contributed by atoms with E-state index in [1.807, 2.05) is 12.5 Å². The second-order valence-electron chi connectivity index (χ2n) is 5.06. The number of nitrogens with zero attached hydrogens (tertiary/aromatic N) is 2. The summed E-state index contributed by atoms with van der Waals surface area (Å²) in [5.41, 5.74) is 7.54. The molecule has 1 aromatic heterocycles. The number of hydrogen-bond acceptors (Lipinski definition) is 2. The van der Waals surface area contributed by atoms with Gasteiger partial charge in [-0.25, -0.2) is 4.98 Å². The molecule has 0 spiro atoms. The number of hydrogen-bond donors (Lipinski definition) is 1. The largest absolute Gasteiger partial charge is 0.328 e. The number of rotatable bonds is 3. The van der Waals surface area contributed by atoms with Gasteiger partial charge in [0.1, 0.15) is 0 Å². The molecule has 1 saturated carbocycles. The van der Waals surface area contributed by atoms with Crippen molar-refractivity contribution < 1.29 is 0 Å². The normalized spacial score (nSPS) is 30.6. The first-order valence-electron chi connectivity index (χ1n) is 6.46. The lowest BCUT2D eigenvalue weighted by atomic mass is 9.73. The highest BCUT2D eigenvalue weighted by atomic mass is 15.1. The highest BCUT2D eigenvalue weighted by Crippen LogP contribution is 2.39. The third-order valence-electron chi connectivity index (χ3n) is 4.32. The van der Waals surface area contributed by atoms with E-state index in [1.165, 1.54) is 31.4 Å². The molecular weight excluding hydrogens is 198 g/mol. The molecule has 90 valence electrons. The molecule has 2 unspecified atom stereocenters. The summed E-state index contributed by atoms with van der Waals surface area (Å²) in [5, 5.41) is 0. The minimum atomic E-state index is 0.125. The van der Waals surface area contributed by atoms with Crippen LogP contribution in [0.5, 0.6) is 0 Å². The summed E-state index contributed by atoms with van der Waals surface area (Å²) in [6.45, 7) is 5.26. The van der Waals surface area contributed by atoms with Crippen LogP contribution in [0, 0.1) is 5.92 Å². The molecule has 1 fully saturated rings. The zero-order valence-electron chi connectivity index (χ0n) is 10.4. The van der Waals surface area contributed by atoms with Crippen LogP contribution in [0.4, 0.5) is 0 Å². The highest BCUT2D eigenvalue weighted by molar-refractivity contribution is 5.07. The summed E-state index contributed by atoms with van der Waals surface area (Å²) in [6, 6.07) is 0. The Hall–Kier alpha value is -0.830. The minimum absolute atomic E-state index is 0.125. The maximum atomic E-state index is 6.09. The van der Waals surface area contributed by atoms with E-state index < -0.39 is 0 Å². The van der Waals surface area contributed by atoms with Crippen molar-refractivity contribution in [1.82, 2.24) is 9.55 Å². The molecule has 0 amide bonds. The third-order valence-corrected chi connectivity index (χ3v) is 4.32. The minimum Gasteiger partial charge on any atom is -0.328 e. The van der Waals surface area contributed by atoms with E-state index in [9.17, 15) is 0 Å². The Kier molecular flexibility index (Phi) is 3.33. The van der Waals surface area contributed by atoms with Crippen molar-refractivity contribution in [3.05, 3.63) is 18.2 Å². The summed E-state index contributed by atoms with van der Waals surface area (Å²) < 4.78 is 2.36. The molecular formula is C13H23N3. The first kappa shape index (κ1) is 11.6. The summed E-state index contributed by atoms with van der Waals surface area (Å²) in [5.74, 6) is 0.658. The molecule has 0 radical (unpaired) electrons. The molecule has 16 heavy (non-hydrogen) atoms. The van der Waals surface area contributed by atoms with E-state index >= 15 is 0 Å². The maximum Gasteiger partial charge on any atom is 0.0953 e. The standard InChI is InChI=1S/C13H23N3/c1-3-12-8-15-10-16(12)13(9-14)7-5-4-6-11(13)2/h8,10-11H,3-7,9,14H2,1-2H3. The van der Waals surface area contributed by atoms with Crippen LogP contribution in [0.1, 0.15) is 45.2 Å². The van der Waals surface area contributed by atoms with Gasteiger partial charge in [0, 0.05) is 18.4 Å². The topological polar surface area (TPSA) is 43.8 Å². The molecule has 1 aliphatic rings. The van der Waals surface area contributed by atoms with Crippen LogP contribution in [-0.2, 0) is 12.0 Å². The molecule has 1 heterocycles. The second-order valence-corrected chi connectivity index (χ2v) is 5.06. The van der Waals surface area contributed by atoms with Gasteiger partial charge in [-0.15, -0.1) is 0 Å². The Morgan fingerprint density at radius 2 is 2.38 bits per heavy atom. The van der Waals surface area contributed by atoms with Gasteiger partial charge < -0.3 is 10.3 Å². The summed E-state index contributed by atoms with van der Waals surface area (Å²) in [4.78, 5) is 4.30. The van der Waals surface area contributed by atoms with Crippen molar-refractivity contribution in [1.29, 1.82) is 0 Å². The van der Waals surface area contributed by atoms with Gasteiger partial charge in [0.2, 0.25) is 0 Å². The van der Waals surface area contributed by atoms with Crippen LogP contribution in [-0.4, -0.2) is 16.1 Å². The van der Waals surface area contributed by atoms with Crippen molar-refractivity contribution in [3.8, 4) is 0 Å². The smallest absolute Gasteiger partial charge is 0.0953 e. The molecule has 1 aromatic rings.